The van der Waals surface area contributed by atoms with Crippen molar-refractivity contribution in [3.63, 3.8) is 0 Å². The minimum Gasteiger partial charge on any atom is -0.339 e. The van der Waals surface area contributed by atoms with E-state index in [0.717, 1.165) is 36.3 Å². The summed E-state index contributed by atoms with van der Waals surface area (Å²) in [5.74, 6) is -0.400. The van der Waals surface area contributed by atoms with E-state index in [1.54, 1.807) is 12.1 Å². The van der Waals surface area contributed by atoms with Gasteiger partial charge in [0.2, 0.25) is 11.8 Å². The van der Waals surface area contributed by atoms with Crippen LogP contribution in [0.25, 0.3) is 0 Å². The van der Waals surface area contributed by atoms with E-state index in [4.69, 9.17) is 0 Å². The largest absolute Gasteiger partial charge is 0.339 e. The van der Waals surface area contributed by atoms with E-state index in [-0.39, 0.29) is 23.5 Å². The molecule has 0 bridgehead atoms. The third-order valence-electron chi connectivity index (χ3n) is 7.10. The molecule has 0 aromatic heterocycles. The lowest BCUT2D eigenvalue weighted by molar-refractivity contribution is -0.140. The van der Waals surface area contributed by atoms with Crippen molar-refractivity contribution in [3.8, 4) is 0 Å². The van der Waals surface area contributed by atoms with Crippen LogP contribution < -0.4 is 0 Å². The fourth-order valence-corrected chi connectivity index (χ4v) is 4.94. The van der Waals surface area contributed by atoms with Crippen LogP contribution in [-0.2, 0) is 16.1 Å². The summed E-state index contributed by atoms with van der Waals surface area (Å²) in [5.41, 5.74) is 2.41. The van der Waals surface area contributed by atoms with Gasteiger partial charge in [-0.05, 0) is 28.8 Å². The molecule has 2 amide bonds. The summed E-state index contributed by atoms with van der Waals surface area (Å²) in [5, 5.41) is 0. The highest BCUT2D eigenvalue weighted by Crippen LogP contribution is 2.27. The third kappa shape index (κ3) is 7.07. The predicted octanol–water partition coefficient (Wildman–Crippen LogP) is 5.18. The molecule has 0 saturated carbocycles. The topological polar surface area (TPSA) is 43.9 Å². The molecule has 38 heavy (non-hydrogen) atoms. The summed E-state index contributed by atoms with van der Waals surface area (Å²) in [6.07, 6.45) is 0. The lowest BCUT2D eigenvalue weighted by atomic mass is 9.90. The zero-order valence-corrected chi connectivity index (χ0v) is 22.6. The molecule has 0 atom stereocenters. The molecule has 200 valence electrons. The predicted molar refractivity (Wildman–Crippen MR) is 149 cm³/mol. The van der Waals surface area contributed by atoms with Crippen molar-refractivity contribution >= 4 is 11.8 Å². The van der Waals surface area contributed by atoms with Gasteiger partial charge in [0.25, 0.3) is 0 Å². The van der Waals surface area contributed by atoms with Crippen molar-refractivity contribution in [3.05, 3.63) is 107 Å². The summed E-state index contributed by atoms with van der Waals surface area (Å²) >= 11 is 0. The summed E-state index contributed by atoms with van der Waals surface area (Å²) in [7, 11) is 0. The number of halogens is 1. The Bertz CT molecular complexity index is 1150. The molecule has 3 aromatic rings. The molecule has 4 rings (SSSR count). The number of carbonyl (C=O) groups excluding carboxylic acids is 2. The number of hydrogen-bond acceptors (Lipinski definition) is 3. The Hall–Kier alpha value is -3.51. The summed E-state index contributed by atoms with van der Waals surface area (Å²) < 4.78 is 13.4. The van der Waals surface area contributed by atoms with Crippen molar-refractivity contribution in [1.29, 1.82) is 0 Å². The lowest BCUT2D eigenvalue weighted by Gasteiger charge is -2.38. The molecule has 1 heterocycles. The second kappa shape index (κ2) is 12.4. The Morgan fingerprint density at radius 1 is 0.816 bits per heavy atom. The number of piperazine rings is 1. The van der Waals surface area contributed by atoms with Gasteiger partial charge in [0.1, 0.15) is 5.82 Å². The van der Waals surface area contributed by atoms with Crippen LogP contribution in [0.2, 0.25) is 0 Å². The van der Waals surface area contributed by atoms with Crippen molar-refractivity contribution in [1.82, 2.24) is 14.7 Å². The molecule has 1 aliphatic heterocycles. The Morgan fingerprint density at radius 3 is 1.84 bits per heavy atom. The smallest absolute Gasteiger partial charge is 0.234 e. The molecule has 3 aromatic carbocycles. The lowest BCUT2D eigenvalue weighted by Crippen LogP contribution is -2.52. The van der Waals surface area contributed by atoms with Gasteiger partial charge in [-0.2, -0.15) is 0 Å². The zero-order valence-electron chi connectivity index (χ0n) is 22.6. The van der Waals surface area contributed by atoms with Crippen molar-refractivity contribution in [2.75, 3.05) is 39.3 Å². The molecular weight excluding hydrogens is 477 g/mol. The van der Waals surface area contributed by atoms with E-state index in [2.05, 4.69) is 4.90 Å². The molecule has 1 aliphatic rings. The molecular formula is C32H38FN3O2. The highest BCUT2D eigenvalue weighted by atomic mass is 19.1. The van der Waals surface area contributed by atoms with Crippen molar-refractivity contribution in [2.24, 2.45) is 5.41 Å². The summed E-state index contributed by atoms with van der Waals surface area (Å²) in [6.45, 7) is 10.4. The fourth-order valence-electron chi connectivity index (χ4n) is 4.94. The van der Waals surface area contributed by atoms with Crippen LogP contribution >= 0.6 is 0 Å². The molecule has 5 nitrogen and oxygen atoms in total. The van der Waals surface area contributed by atoms with Crippen LogP contribution in [-0.4, -0.2) is 65.8 Å². The first-order valence-electron chi connectivity index (χ1n) is 13.4. The average Bonchev–Trinajstić information content (AvgIpc) is 2.93. The van der Waals surface area contributed by atoms with E-state index in [1.807, 2.05) is 91.2 Å². The van der Waals surface area contributed by atoms with Gasteiger partial charge < -0.3 is 9.80 Å². The first kappa shape index (κ1) is 27.5. The maximum absolute atomic E-state index is 13.7. The van der Waals surface area contributed by atoms with Gasteiger partial charge >= 0.3 is 0 Å². The first-order valence-corrected chi connectivity index (χ1v) is 13.4. The number of rotatable bonds is 8. The summed E-state index contributed by atoms with van der Waals surface area (Å²) in [4.78, 5) is 33.1. The molecule has 6 heteroatoms. The third-order valence-corrected chi connectivity index (χ3v) is 7.10. The first-order chi connectivity index (χ1) is 18.2. The second-order valence-corrected chi connectivity index (χ2v) is 11.0. The van der Waals surface area contributed by atoms with Crippen LogP contribution in [0.3, 0.4) is 0 Å². The Labute approximate surface area is 225 Å². The highest BCUT2D eigenvalue weighted by Gasteiger charge is 2.31. The van der Waals surface area contributed by atoms with E-state index >= 15 is 0 Å². The molecule has 0 radical (unpaired) electrons. The van der Waals surface area contributed by atoms with Gasteiger partial charge in [-0.25, -0.2) is 4.39 Å². The Kier molecular flexibility index (Phi) is 8.95. The van der Waals surface area contributed by atoms with Gasteiger partial charge in [0.05, 0.1) is 5.92 Å². The zero-order chi connectivity index (χ0) is 27.1. The Morgan fingerprint density at radius 2 is 1.34 bits per heavy atom. The van der Waals surface area contributed by atoms with Crippen LogP contribution in [0.4, 0.5) is 4.39 Å². The van der Waals surface area contributed by atoms with E-state index in [9.17, 15) is 14.0 Å². The molecule has 0 N–H and O–H groups in total. The van der Waals surface area contributed by atoms with Crippen LogP contribution in [0, 0.1) is 11.2 Å². The SMILES string of the molecule is CC(C)(C)C(=O)N(CCN1CCN(C(=O)C(c2ccccc2)c2ccccc2)CC1)Cc1ccc(F)cc1. The van der Waals surface area contributed by atoms with Crippen LogP contribution in [0.1, 0.15) is 43.4 Å². The minimum atomic E-state index is -0.505. The van der Waals surface area contributed by atoms with Crippen molar-refractivity contribution in [2.45, 2.75) is 33.2 Å². The van der Waals surface area contributed by atoms with E-state index in [1.165, 1.54) is 12.1 Å². The summed E-state index contributed by atoms with van der Waals surface area (Å²) in [6, 6.07) is 26.3. The maximum Gasteiger partial charge on any atom is 0.234 e. The van der Waals surface area contributed by atoms with Crippen molar-refractivity contribution < 1.29 is 14.0 Å². The number of nitrogens with zero attached hydrogens (tertiary/aromatic N) is 3. The quantitative estimate of drug-likeness (QED) is 0.415. The number of carbonyl (C=O) groups is 2. The van der Waals surface area contributed by atoms with Gasteiger partial charge in [-0.15, -0.1) is 0 Å². The number of amides is 2. The highest BCUT2D eigenvalue weighted by molar-refractivity contribution is 5.87. The van der Waals surface area contributed by atoms with Gasteiger partial charge in [-0.3, -0.25) is 14.5 Å². The van der Waals surface area contributed by atoms with E-state index < -0.39 is 5.41 Å². The number of benzene rings is 3. The molecule has 0 spiro atoms. The monoisotopic (exact) mass is 515 g/mol. The second-order valence-electron chi connectivity index (χ2n) is 11.0. The normalized spacial score (nSPS) is 14.5. The standard InChI is InChI=1S/C32H38FN3O2/c1-32(2,3)31(38)36(24-25-14-16-28(33)17-15-25)23-20-34-18-21-35(22-19-34)30(37)29(26-10-6-4-7-11-26)27-12-8-5-9-13-27/h4-17,29H,18-24H2,1-3H3. The average molecular weight is 516 g/mol. The van der Waals surface area contributed by atoms with Gasteiger partial charge in [0.15, 0.2) is 0 Å². The molecule has 0 unspecified atom stereocenters. The van der Waals surface area contributed by atoms with Gasteiger partial charge in [-0.1, -0.05) is 93.6 Å². The van der Waals surface area contributed by atoms with Gasteiger partial charge in [0, 0.05) is 51.2 Å². The molecule has 1 saturated heterocycles. The molecule has 1 fully saturated rings. The van der Waals surface area contributed by atoms with Crippen LogP contribution in [0.5, 0.6) is 0 Å². The molecule has 0 aliphatic carbocycles. The van der Waals surface area contributed by atoms with Crippen LogP contribution in [0.15, 0.2) is 84.9 Å². The minimum absolute atomic E-state index is 0.0733. The Balaban J connectivity index is 1.38. The fraction of sp³-hybridized carbons (Fsp3) is 0.375. The maximum atomic E-state index is 13.7. The van der Waals surface area contributed by atoms with E-state index in [0.29, 0.717) is 26.2 Å². The number of hydrogen-bond donors (Lipinski definition) is 0.